The summed E-state index contributed by atoms with van der Waals surface area (Å²) in [5.41, 5.74) is 19.9. The van der Waals surface area contributed by atoms with Gasteiger partial charge in [0.05, 0.1) is 17.1 Å². The van der Waals surface area contributed by atoms with Crippen LogP contribution in [-0.4, -0.2) is 0 Å². The monoisotopic (exact) mass is 762 g/mol. The lowest BCUT2D eigenvalue weighted by Crippen LogP contribution is -2.18. The van der Waals surface area contributed by atoms with Gasteiger partial charge < -0.3 is 9.80 Å². The summed E-state index contributed by atoms with van der Waals surface area (Å²) in [6.45, 7) is 18.3. The number of aryl methyl sites for hydroxylation is 6. The van der Waals surface area contributed by atoms with Crippen molar-refractivity contribution in [1.82, 2.24) is 0 Å². The van der Waals surface area contributed by atoms with E-state index in [9.17, 15) is 0 Å². The van der Waals surface area contributed by atoms with Gasteiger partial charge in [-0.25, -0.2) is 0 Å². The summed E-state index contributed by atoms with van der Waals surface area (Å²) in [7, 11) is 0. The van der Waals surface area contributed by atoms with Crippen molar-refractivity contribution in [2.45, 2.75) is 60.8 Å². The van der Waals surface area contributed by atoms with Crippen LogP contribution in [0.5, 0.6) is 0 Å². The van der Waals surface area contributed by atoms with Crippen LogP contribution in [0.15, 0.2) is 158 Å². The minimum Gasteiger partial charge on any atom is -0.310 e. The Morgan fingerprint density at radius 1 is 0.339 bits per heavy atom. The molecule has 2 nitrogen and oxygen atoms in total. The molecule has 0 aliphatic heterocycles. The number of hydrogen-bond donors (Lipinski definition) is 0. The molecule has 0 bridgehead atoms. The van der Waals surface area contributed by atoms with E-state index < -0.39 is 0 Å². The Kier molecular flexibility index (Phi) is 8.54. The van der Waals surface area contributed by atoms with Gasteiger partial charge in [-0.15, -0.1) is 0 Å². The molecule has 0 atom stereocenters. The van der Waals surface area contributed by atoms with E-state index >= 15 is 0 Å². The molecule has 0 heterocycles. The fourth-order valence-corrected chi connectivity index (χ4v) is 9.85. The predicted molar refractivity (Wildman–Crippen MR) is 254 cm³/mol. The summed E-state index contributed by atoms with van der Waals surface area (Å²) in [5, 5.41) is 7.46. The van der Waals surface area contributed by atoms with Crippen molar-refractivity contribution in [3.05, 3.63) is 202 Å². The largest absolute Gasteiger partial charge is 0.310 e. The topological polar surface area (TPSA) is 6.48 Å². The molecule has 0 unspecified atom stereocenters. The minimum atomic E-state index is -0.287. The Bertz CT molecular complexity index is 3150. The number of fused-ring (bicyclic) bond motifs is 7. The van der Waals surface area contributed by atoms with E-state index in [0.717, 1.165) is 0 Å². The molecule has 10 rings (SSSR count). The highest BCUT2D eigenvalue weighted by Crippen LogP contribution is 2.56. The lowest BCUT2D eigenvalue weighted by atomic mass is 9.81. The molecule has 9 aromatic rings. The highest BCUT2D eigenvalue weighted by molar-refractivity contribution is 6.12. The third-order valence-electron chi connectivity index (χ3n) is 13.3. The summed E-state index contributed by atoms with van der Waals surface area (Å²) in [5.74, 6) is 0. The molecule has 0 N–H and O–H groups in total. The molecular weight excluding hydrogens is 713 g/mol. The van der Waals surface area contributed by atoms with Gasteiger partial charge in [0.1, 0.15) is 0 Å². The molecule has 0 saturated heterocycles. The fraction of sp³-hybridized carbons (Fsp3) is 0.158. The Balaban J connectivity index is 1.23. The second-order valence-corrected chi connectivity index (χ2v) is 17.3. The zero-order valence-electron chi connectivity index (χ0n) is 35.4. The smallest absolute Gasteiger partial charge is 0.0543 e. The van der Waals surface area contributed by atoms with Crippen molar-refractivity contribution < 1.29 is 0 Å². The minimum absolute atomic E-state index is 0.287. The molecule has 0 radical (unpaired) electrons. The molecule has 0 fully saturated rings. The molecule has 1 aliphatic carbocycles. The van der Waals surface area contributed by atoms with Crippen LogP contribution in [0.1, 0.15) is 58.4 Å². The molecule has 0 amide bonds. The summed E-state index contributed by atoms with van der Waals surface area (Å²) in [6, 6.07) is 59.2. The van der Waals surface area contributed by atoms with Crippen LogP contribution < -0.4 is 9.80 Å². The van der Waals surface area contributed by atoms with Crippen LogP contribution in [-0.2, 0) is 5.41 Å². The average Bonchev–Trinajstić information content (AvgIpc) is 3.47. The maximum Gasteiger partial charge on any atom is 0.0543 e. The number of rotatable bonds is 6. The van der Waals surface area contributed by atoms with Gasteiger partial charge in [0.15, 0.2) is 0 Å². The van der Waals surface area contributed by atoms with Gasteiger partial charge in [0.2, 0.25) is 0 Å². The number of hydrogen-bond acceptors (Lipinski definition) is 2. The number of nitrogens with zero attached hydrogens (tertiary/aromatic N) is 2. The third-order valence-corrected chi connectivity index (χ3v) is 13.3. The highest BCUT2D eigenvalue weighted by atomic mass is 15.2. The summed E-state index contributed by atoms with van der Waals surface area (Å²) < 4.78 is 0. The lowest BCUT2D eigenvalue weighted by molar-refractivity contribution is 0.661. The van der Waals surface area contributed by atoms with Gasteiger partial charge in [0, 0.05) is 38.6 Å². The van der Waals surface area contributed by atoms with Gasteiger partial charge in [0.25, 0.3) is 0 Å². The van der Waals surface area contributed by atoms with Crippen molar-refractivity contribution in [3.63, 3.8) is 0 Å². The fourth-order valence-electron chi connectivity index (χ4n) is 9.85. The van der Waals surface area contributed by atoms with Gasteiger partial charge in [-0.2, -0.15) is 0 Å². The summed E-state index contributed by atoms with van der Waals surface area (Å²) in [4.78, 5) is 5.04. The third kappa shape index (κ3) is 5.76. The predicted octanol–water partition coefficient (Wildman–Crippen LogP) is 16.2. The van der Waals surface area contributed by atoms with Crippen LogP contribution >= 0.6 is 0 Å². The molecule has 9 aromatic carbocycles. The normalized spacial score (nSPS) is 12.9. The maximum absolute atomic E-state index is 2.54. The van der Waals surface area contributed by atoms with Gasteiger partial charge in [-0.3, -0.25) is 0 Å². The first-order chi connectivity index (χ1) is 28.5. The van der Waals surface area contributed by atoms with Crippen molar-refractivity contribution in [1.29, 1.82) is 0 Å². The zero-order chi connectivity index (χ0) is 40.7. The molecule has 2 heteroatoms. The highest BCUT2D eigenvalue weighted by Gasteiger charge is 2.39. The number of benzene rings is 9. The summed E-state index contributed by atoms with van der Waals surface area (Å²) in [6.07, 6.45) is 0. The van der Waals surface area contributed by atoms with Crippen molar-refractivity contribution in [2.24, 2.45) is 0 Å². The van der Waals surface area contributed by atoms with Crippen LogP contribution in [0.4, 0.5) is 34.1 Å². The lowest BCUT2D eigenvalue weighted by Gasteiger charge is -2.32. The molecular formula is C57H50N2. The van der Waals surface area contributed by atoms with Crippen molar-refractivity contribution in [3.8, 4) is 11.1 Å². The van der Waals surface area contributed by atoms with Gasteiger partial charge in [-0.1, -0.05) is 129 Å². The molecule has 288 valence electrons. The Hall–Kier alpha value is -6.64. The van der Waals surface area contributed by atoms with E-state index in [1.807, 2.05) is 0 Å². The first-order valence-electron chi connectivity index (χ1n) is 20.9. The standard InChI is InChI=1S/C57H50N2/c1-35-29-39(5)53(31-37(35)3)58(51-25-15-19-41-17-9-11-21-44(41)51)43-27-28-48-49(33-43)57(7,8)50-34-55(46-23-13-14-24-47(46)56(48)50)59(54-32-38(4)36(2)30-40(54)6)52-26-16-20-42-18-10-12-22-45(42)52/h9-34H,1-8H3. The maximum atomic E-state index is 2.54. The SMILES string of the molecule is Cc1cc(C)c(N(c2ccc3c(c2)C(C)(C)c2cc(N(c4cc(C)c(C)cc4C)c4cccc5ccccc45)c4ccccc4c2-3)c2cccc3ccccc23)cc1C. The molecule has 0 saturated carbocycles. The Labute approximate surface area is 349 Å². The Morgan fingerprint density at radius 2 is 0.814 bits per heavy atom. The Morgan fingerprint density at radius 3 is 1.41 bits per heavy atom. The van der Waals surface area contributed by atoms with Gasteiger partial charge >= 0.3 is 0 Å². The van der Waals surface area contributed by atoms with E-state index in [1.165, 1.54) is 122 Å². The van der Waals surface area contributed by atoms with Crippen LogP contribution in [0.3, 0.4) is 0 Å². The van der Waals surface area contributed by atoms with Crippen molar-refractivity contribution in [2.75, 3.05) is 9.80 Å². The second-order valence-electron chi connectivity index (χ2n) is 17.3. The van der Waals surface area contributed by atoms with Crippen LogP contribution in [0.2, 0.25) is 0 Å². The zero-order valence-corrected chi connectivity index (χ0v) is 35.4. The quantitative estimate of drug-likeness (QED) is 0.166. The second kappa shape index (κ2) is 13.7. The number of anilines is 6. The molecule has 1 aliphatic rings. The summed E-state index contributed by atoms with van der Waals surface area (Å²) >= 11 is 0. The van der Waals surface area contributed by atoms with E-state index in [1.54, 1.807) is 0 Å². The first-order valence-corrected chi connectivity index (χ1v) is 20.9. The van der Waals surface area contributed by atoms with E-state index in [2.05, 4.69) is 223 Å². The molecule has 59 heavy (non-hydrogen) atoms. The van der Waals surface area contributed by atoms with Crippen molar-refractivity contribution >= 4 is 66.4 Å². The molecule has 0 spiro atoms. The molecule has 0 aromatic heterocycles. The van der Waals surface area contributed by atoms with Gasteiger partial charge in [-0.05, 0) is 156 Å². The van der Waals surface area contributed by atoms with Crippen LogP contribution in [0, 0.1) is 41.5 Å². The first kappa shape index (κ1) is 36.7. The van der Waals surface area contributed by atoms with E-state index in [4.69, 9.17) is 0 Å². The van der Waals surface area contributed by atoms with E-state index in [-0.39, 0.29) is 5.41 Å². The average molecular weight is 763 g/mol. The van der Waals surface area contributed by atoms with Crippen LogP contribution in [0.25, 0.3) is 43.4 Å². The van der Waals surface area contributed by atoms with E-state index in [0.29, 0.717) is 0 Å².